The monoisotopic (exact) mass is 456 g/mol. The van der Waals surface area contributed by atoms with Gasteiger partial charge < -0.3 is 19.1 Å². The maximum absolute atomic E-state index is 12.9. The van der Waals surface area contributed by atoms with E-state index < -0.39 is 21.9 Å². The first kappa shape index (κ1) is 19.6. The number of sulfonamides is 1. The van der Waals surface area contributed by atoms with Gasteiger partial charge in [0.15, 0.2) is 11.5 Å². The molecule has 2 aromatic heterocycles. The molecule has 1 unspecified atom stereocenters. The van der Waals surface area contributed by atoms with Gasteiger partial charge in [-0.05, 0) is 36.1 Å². The van der Waals surface area contributed by atoms with Gasteiger partial charge in [0.1, 0.15) is 21.5 Å². The first-order chi connectivity index (χ1) is 13.8. The van der Waals surface area contributed by atoms with Crippen LogP contribution in [0.5, 0.6) is 11.5 Å². The second-order valence-corrected chi connectivity index (χ2v) is 9.03. The van der Waals surface area contributed by atoms with Crippen molar-refractivity contribution in [3.05, 3.63) is 50.8 Å². The van der Waals surface area contributed by atoms with Gasteiger partial charge in [0.25, 0.3) is 15.9 Å². The summed E-state index contributed by atoms with van der Waals surface area (Å²) in [6.07, 6.45) is 0. The van der Waals surface area contributed by atoms with Crippen LogP contribution in [-0.2, 0) is 14.8 Å². The Kier molecular flexibility index (Phi) is 4.89. The van der Waals surface area contributed by atoms with Crippen molar-refractivity contribution in [2.24, 2.45) is 0 Å². The maximum Gasteiger partial charge on any atom is 0.316 e. The average molecular weight is 457 g/mol. The lowest BCUT2D eigenvalue weighted by molar-refractivity contribution is -0.137. The van der Waals surface area contributed by atoms with Gasteiger partial charge in [-0.2, -0.15) is 0 Å². The minimum Gasteiger partial charge on any atom is -0.481 e. The molecule has 12 heteroatoms. The number of carboxylic acid groups (broad SMARTS) is 1. The molecule has 2 N–H and O–H groups in total. The number of ether oxygens (including phenoxy) is 2. The number of aromatic nitrogens is 1. The highest BCUT2D eigenvalue weighted by Gasteiger charge is 2.33. The Morgan fingerprint density at radius 2 is 2.07 bits per heavy atom. The SMILES string of the molecule is Cc1noc(NS(=O)(=O)c2ccsc2C(C(=O)O)c2ccc3c(c2)OCO3)c1Cl. The smallest absolute Gasteiger partial charge is 0.316 e. The molecule has 0 radical (unpaired) electrons. The summed E-state index contributed by atoms with van der Waals surface area (Å²) in [6.45, 7) is 1.59. The maximum atomic E-state index is 12.9. The molecule has 0 saturated heterocycles. The lowest BCUT2D eigenvalue weighted by atomic mass is 9.97. The van der Waals surface area contributed by atoms with Crippen LogP contribution in [0.4, 0.5) is 5.88 Å². The Bertz CT molecular complexity index is 1200. The van der Waals surface area contributed by atoms with Crippen LogP contribution in [-0.4, -0.2) is 31.4 Å². The predicted molar refractivity (Wildman–Crippen MR) is 103 cm³/mol. The highest BCUT2D eigenvalue weighted by molar-refractivity contribution is 7.93. The molecule has 0 amide bonds. The summed E-state index contributed by atoms with van der Waals surface area (Å²) in [7, 11) is -4.18. The number of rotatable bonds is 6. The van der Waals surface area contributed by atoms with Crippen molar-refractivity contribution in [1.29, 1.82) is 0 Å². The van der Waals surface area contributed by atoms with Crippen LogP contribution < -0.4 is 14.2 Å². The molecule has 0 fully saturated rings. The summed E-state index contributed by atoms with van der Waals surface area (Å²) in [5, 5.41) is 15.0. The lowest BCUT2D eigenvalue weighted by Gasteiger charge is -2.14. The van der Waals surface area contributed by atoms with Crippen LogP contribution in [0, 0.1) is 6.92 Å². The van der Waals surface area contributed by atoms with Gasteiger partial charge in [0, 0.05) is 4.88 Å². The molecule has 0 aliphatic carbocycles. The van der Waals surface area contributed by atoms with E-state index in [9.17, 15) is 18.3 Å². The first-order valence-corrected chi connectivity index (χ1v) is 10.9. The normalized spacial score (nSPS) is 14.0. The highest BCUT2D eigenvalue weighted by atomic mass is 35.5. The predicted octanol–water partition coefficient (Wildman–Crippen LogP) is 3.44. The molecule has 0 bridgehead atoms. The summed E-state index contributed by atoms with van der Waals surface area (Å²) in [4.78, 5) is 12.0. The van der Waals surface area contributed by atoms with Crippen molar-refractivity contribution in [3.63, 3.8) is 0 Å². The van der Waals surface area contributed by atoms with Crippen LogP contribution in [0.25, 0.3) is 0 Å². The summed E-state index contributed by atoms with van der Waals surface area (Å²) in [5.74, 6) is -1.79. The number of anilines is 1. The number of hydrogen-bond donors (Lipinski definition) is 2. The lowest BCUT2D eigenvalue weighted by Crippen LogP contribution is -2.18. The third-order valence-electron chi connectivity index (χ3n) is 4.20. The Labute approximate surface area is 173 Å². The van der Waals surface area contributed by atoms with Gasteiger partial charge >= 0.3 is 5.97 Å². The number of nitrogens with one attached hydrogen (secondary N) is 1. The molecule has 3 heterocycles. The number of carbonyl (C=O) groups is 1. The number of fused-ring (bicyclic) bond motifs is 1. The zero-order valence-electron chi connectivity index (χ0n) is 14.7. The van der Waals surface area contributed by atoms with E-state index in [0.29, 0.717) is 22.8 Å². The molecule has 0 spiro atoms. The Morgan fingerprint density at radius 3 is 2.76 bits per heavy atom. The molecule has 3 aromatic rings. The van der Waals surface area contributed by atoms with E-state index in [1.807, 2.05) is 0 Å². The zero-order valence-corrected chi connectivity index (χ0v) is 17.1. The van der Waals surface area contributed by atoms with Gasteiger partial charge in [-0.25, -0.2) is 13.1 Å². The van der Waals surface area contributed by atoms with Gasteiger partial charge in [0.05, 0.1) is 0 Å². The molecule has 152 valence electrons. The van der Waals surface area contributed by atoms with Crippen molar-refractivity contribution >= 4 is 44.8 Å². The molecule has 29 heavy (non-hydrogen) atoms. The Morgan fingerprint density at radius 1 is 1.31 bits per heavy atom. The largest absolute Gasteiger partial charge is 0.481 e. The summed E-state index contributed by atoms with van der Waals surface area (Å²) in [5.41, 5.74) is 0.674. The molecule has 0 saturated carbocycles. The summed E-state index contributed by atoms with van der Waals surface area (Å²) in [6, 6.07) is 6.00. The molecule has 1 aromatic carbocycles. The first-order valence-electron chi connectivity index (χ1n) is 8.12. The van der Waals surface area contributed by atoms with Crippen LogP contribution in [0.1, 0.15) is 22.1 Å². The van der Waals surface area contributed by atoms with Gasteiger partial charge in [0.2, 0.25) is 6.79 Å². The molecule has 9 nitrogen and oxygen atoms in total. The zero-order chi connectivity index (χ0) is 20.8. The van der Waals surface area contributed by atoms with Crippen molar-refractivity contribution in [2.75, 3.05) is 11.5 Å². The van der Waals surface area contributed by atoms with E-state index in [0.717, 1.165) is 11.3 Å². The number of aliphatic carboxylic acids is 1. The summed E-state index contributed by atoms with van der Waals surface area (Å²) >= 11 is 6.99. The van der Waals surface area contributed by atoms with Gasteiger partial charge in [-0.15, -0.1) is 11.3 Å². The molecule has 4 rings (SSSR count). The molecule has 1 aliphatic rings. The molecule has 1 aliphatic heterocycles. The number of benzene rings is 1. The van der Waals surface area contributed by atoms with Crippen molar-refractivity contribution in [2.45, 2.75) is 17.7 Å². The highest BCUT2D eigenvalue weighted by Crippen LogP contribution is 2.40. The fraction of sp³-hybridized carbons (Fsp3) is 0.176. The summed E-state index contributed by atoms with van der Waals surface area (Å²) < 4.78 is 43.5. The Hall–Kier alpha value is -2.76. The minimum absolute atomic E-state index is 0.0240. The number of aryl methyl sites for hydroxylation is 1. The number of thiophene rings is 1. The van der Waals surface area contributed by atoms with Crippen molar-refractivity contribution in [3.8, 4) is 11.5 Å². The third-order valence-corrected chi connectivity index (χ3v) is 7.15. The number of nitrogens with zero attached hydrogens (tertiary/aromatic N) is 1. The van der Waals surface area contributed by atoms with Crippen molar-refractivity contribution < 1.29 is 32.3 Å². The number of hydrogen-bond acceptors (Lipinski definition) is 8. The topological polar surface area (TPSA) is 128 Å². The second-order valence-electron chi connectivity index (χ2n) is 6.05. The van der Waals surface area contributed by atoms with E-state index in [1.54, 1.807) is 19.1 Å². The Balaban J connectivity index is 1.74. The number of halogens is 1. The van der Waals surface area contributed by atoms with Gasteiger partial charge in [-0.1, -0.05) is 22.8 Å². The van der Waals surface area contributed by atoms with Gasteiger partial charge in [-0.3, -0.25) is 4.79 Å². The average Bonchev–Trinajstić information content (AvgIpc) is 3.39. The van der Waals surface area contributed by atoms with Crippen LogP contribution >= 0.6 is 22.9 Å². The third kappa shape index (κ3) is 3.52. The van der Waals surface area contributed by atoms with E-state index in [2.05, 4.69) is 9.88 Å². The van der Waals surface area contributed by atoms with E-state index in [4.69, 9.17) is 25.6 Å². The quantitative estimate of drug-likeness (QED) is 0.577. The fourth-order valence-corrected chi connectivity index (χ4v) is 5.60. The van der Waals surface area contributed by atoms with E-state index in [1.165, 1.54) is 17.5 Å². The number of carboxylic acids is 1. The molecular weight excluding hydrogens is 444 g/mol. The standard InChI is InChI=1S/C17H13ClN2O7S2/c1-8-14(18)16(27-19-8)20-29(23,24)12-4-5-28-15(12)13(17(21)22)9-2-3-10-11(6-9)26-7-25-10/h2-6,13,20H,7H2,1H3,(H,21,22). The van der Waals surface area contributed by atoms with Crippen molar-refractivity contribution in [1.82, 2.24) is 5.16 Å². The molecular formula is C17H13ClN2O7S2. The molecule has 1 atom stereocenters. The second kappa shape index (κ2) is 7.25. The van der Waals surface area contributed by atoms with E-state index in [-0.39, 0.29) is 27.5 Å². The van der Waals surface area contributed by atoms with Crippen LogP contribution in [0.15, 0.2) is 39.1 Å². The minimum atomic E-state index is -4.18. The fourth-order valence-electron chi connectivity index (χ4n) is 2.84. The van der Waals surface area contributed by atoms with Crippen LogP contribution in [0.2, 0.25) is 5.02 Å². The van der Waals surface area contributed by atoms with Crippen LogP contribution in [0.3, 0.4) is 0 Å². The van der Waals surface area contributed by atoms with E-state index >= 15 is 0 Å².